The molecule has 1 unspecified atom stereocenters. The molecule has 0 aromatic heterocycles. The van der Waals surface area contributed by atoms with Gasteiger partial charge in [-0.15, -0.1) is 11.8 Å². The first-order chi connectivity index (χ1) is 8.08. The topological polar surface area (TPSA) is 27.0 Å². The normalized spacial score (nSPS) is 12.2. The van der Waals surface area contributed by atoms with Gasteiger partial charge in [0.1, 0.15) is 0 Å². The van der Waals surface area contributed by atoms with Crippen molar-refractivity contribution >= 4 is 17.4 Å². The van der Waals surface area contributed by atoms with Crippen LogP contribution in [0, 0.1) is 23.2 Å². The van der Waals surface area contributed by atoms with E-state index >= 15 is 0 Å². The molecule has 0 radical (unpaired) electrons. The Morgan fingerprint density at radius 3 is 2.29 bits per heavy atom. The molecule has 1 rings (SSSR count). The van der Waals surface area contributed by atoms with Gasteiger partial charge in [-0.05, 0) is 36.4 Å². The lowest BCUT2D eigenvalue weighted by atomic mass is 9.97. The van der Waals surface area contributed by atoms with Crippen molar-refractivity contribution in [3.63, 3.8) is 0 Å². The molecule has 0 saturated heterocycles. The molecule has 1 aromatic carbocycles. The number of thioether (sulfide) groups is 1. The summed E-state index contributed by atoms with van der Waals surface area (Å²) in [7, 11) is 2.04. The smallest absolute Gasteiger partial charge is 0.0677 e. The van der Waals surface area contributed by atoms with Gasteiger partial charge in [-0.3, -0.25) is 0 Å². The van der Waals surface area contributed by atoms with Crippen LogP contribution in [0.3, 0.4) is 0 Å². The number of hydrogen-bond donors (Lipinski definition) is 0. The SMILES string of the molecule is CSc1ccc(N(C)CC(C#N)C(C)C)cc1. The van der Waals surface area contributed by atoms with Gasteiger partial charge in [0, 0.05) is 24.2 Å². The minimum atomic E-state index is 0.0835. The average molecular weight is 248 g/mol. The summed E-state index contributed by atoms with van der Waals surface area (Å²) in [5.41, 5.74) is 1.17. The summed E-state index contributed by atoms with van der Waals surface area (Å²) in [6.45, 7) is 4.98. The lowest BCUT2D eigenvalue weighted by molar-refractivity contribution is 0.477. The number of nitrogens with zero attached hydrogens (tertiary/aromatic N) is 2. The lowest BCUT2D eigenvalue weighted by Crippen LogP contribution is -2.27. The lowest BCUT2D eigenvalue weighted by Gasteiger charge is -2.24. The molecule has 0 heterocycles. The minimum Gasteiger partial charge on any atom is -0.373 e. The summed E-state index contributed by atoms with van der Waals surface area (Å²) in [5, 5.41) is 9.09. The first-order valence-electron chi connectivity index (χ1n) is 5.83. The molecule has 0 bridgehead atoms. The Bertz CT molecular complexity index is 378. The molecule has 2 nitrogen and oxygen atoms in total. The molecule has 0 saturated carbocycles. The van der Waals surface area contributed by atoms with Crippen LogP contribution in [-0.2, 0) is 0 Å². The van der Waals surface area contributed by atoms with E-state index < -0.39 is 0 Å². The summed E-state index contributed by atoms with van der Waals surface area (Å²) in [6, 6.07) is 10.8. The number of hydrogen-bond acceptors (Lipinski definition) is 3. The van der Waals surface area contributed by atoms with E-state index in [9.17, 15) is 0 Å². The van der Waals surface area contributed by atoms with Crippen LogP contribution < -0.4 is 4.90 Å². The highest BCUT2D eigenvalue weighted by Gasteiger charge is 2.15. The summed E-state index contributed by atoms with van der Waals surface area (Å²) < 4.78 is 0. The molecular formula is C14H20N2S. The van der Waals surface area contributed by atoms with Crippen molar-refractivity contribution < 1.29 is 0 Å². The van der Waals surface area contributed by atoms with E-state index in [1.165, 1.54) is 10.6 Å². The van der Waals surface area contributed by atoms with Gasteiger partial charge in [-0.25, -0.2) is 0 Å². The largest absolute Gasteiger partial charge is 0.373 e. The molecule has 0 aliphatic rings. The van der Waals surface area contributed by atoms with Crippen molar-refractivity contribution in [3.8, 4) is 6.07 Å². The molecule has 3 heteroatoms. The Morgan fingerprint density at radius 2 is 1.88 bits per heavy atom. The standard InChI is InChI=1S/C14H20N2S/c1-11(2)12(9-15)10-16(3)13-5-7-14(17-4)8-6-13/h5-8,11-12H,10H2,1-4H3. The third-order valence-corrected chi connectivity index (χ3v) is 3.70. The zero-order valence-corrected chi connectivity index (χ0v) is 11.8. The van der Waals surface area contributed by atoms with Gasteiger partial charge < -0.3 is 4.90 Å². The molecule has 0 amide bonds. The van der Waals surface area contributed by atoms with E-state index in [0.29, 0.717) is 5.92 Å². The second-order valence-electron chi connectivity index (χ2n) is 4.56. The highest BCUT2D eigenvalue weighted by Crippen LogP contribution is 2.21. The van der Waals surface area contributed by atoms with Crippen molar-refractivity contribution in [2.75, 3.05) is 24.7 Å². The van der Waals surface area contributed by atoms with Crippen molar-refractivity contribution in [2.24, 2.45) is 11.8 Å². The third-order valence-electron chi connectivity index (χ3n) is 2.95. The maximum atomic E-state index is 9.09. The summed E-state index contributed by atoms with van der Waals surface area (Å²) in [4.78, 5) is 3.42. The van der Waals surface area contributed by atoms with Crippen molar-refractivity contribution in [1.29, 1.82) is 5.26 Å². The van der Waals surface area contributed by atoms with Crippen LogP contribution in [0.5, 0.6) is 0 Å². The quantitative estimate of drug-likeness (QED) is 0.744. The van der Waals surface area contributed by atoms with Gasteiger partial charge in [0.25, 0.3) is 0 Å². The van der Waals surface area contributed by atoms with E-state index in [4.69, 9.17) is 5.26 Å². The molecule has 0 aliphatic carbocycles. The highest BCUT2D eigenvalue weighted by atomic mass is 32.2. The van der Waals surface area contributed by atoms with Crippen LogP contribution in [0.4, 0.5) is 5.69 Å². The second kappa shape index (κ2) is 6.56. The van der Waals surface area contributed by atoms with Gasteiger partial charge in [0.15, 0.2) is 0 Å². The zero-order chi connectivity index (χ0) is 12.8. The predicted molar refractivity (Wildman–Crippen MR) is 75.4 cm³/mol. The van der Waals surface area contributed by atoms with Gasteiger partial charge in [0.2, 0.25) is 0 Å². The molecule has 0 N–H and O–H groups in total. The van der Waals surface area contributed by atoms with Gasteiger partial charge in [0.05, 0.1) is 12.0 Å². The Labute approximate surface area is 109 Å². The fourth-order valence-electron chi connectivity index (χ4n) is 1.64. The Kier molecular flexibility index (Phi) is 5.37. The molecular weight excluding hydrogens is 228 g/mol. The predicted octanol–water partition coefficient (Wildman–Crippen LogP) is 3.64. The Hall–Kier alpha value is -1.14. The highest BCUT2D eigenvalue weighted by molar-refractivity contribution is 7.98. The monoisotopic (exact) mass is 248 g/mol. The third kappa shape index (κ3) is 3.98. The van der Waals surface area contributed by atoms with Crippen LogP contribution in [-0.4, -0.2) is 19.8 Å². The maximum Gasteiger partial charge on any atom is 0.0677 e. The molecule has 0 aliphatic heterocycles. The Morgan fingerprint density at radius 1 is 1.29 bits per heavy atom. The van der Waals surface area contributed by atoms with Gasteiger partial charge in [-0.2, -0.15) is 5.26 Å². The summed E-state index contributed by atoms with van der Waals surface area (Å²) >= 11 is 1.74. The molecule has 1 atom stereocenters. The minimum absolute atomic E-state index is 0.0835. The maximum absolute atomic E-state index is 9.09. The molecule has 17 heavy (non-hydrogen) atoms. The van der Waals surface area contributed by atoms with E-state index in [1.807, 2.05) is 7.05 Å². The van der Waals surface area contributed by atoms with Gasteiger partial charge in [-0.1, -0.05) is 13.8 Å². The number of anilines is 1. The fourth-order valence-corrected chi connectivity index (χ4v) is 2.05. The van der Waals surface area contributed by atoms with Crippen LogP contribution in [0.25, 0.3) is 0 Å². The first kappa shape index (κ1) is 13.9. The van der Waals surface area contributed by atoms with Crippen LogP contribution in [0.15, 0.2) is 29.2 Å². The second-order valence-corrected chi connectivity index (χ2v) is 5.44. The van der Waals surface area contributed by atoms with Crippen LogP contribution in [0.2, 0.25) is 0 Å². The Balaban J connectivity index is 2.69. The van der Waals surface area contributed by atoms with E-state index in [1.54, 1.807) is 11.8 Å². The van der Waals surface area contributed by atoms with E-state index in [0.717, 1.165) is 6.54 Å². The van der Waals surface area contributed by atoms with Gasteiger partial charge >= 0.3 is 0 Å². The van der Waals surface area contributed by atoms with E-state index in [-0.39, 0.29) is 5.92 Å². The molecule has 1 aromatic rings. The van der Waals surface area contributed by atoms with Crippen molar-refractivity contribution in [2.45, 2.75) is 18.7 Å². The number of nitriles is 1. The number of benzene rings is 1. The summed E-state index contributed by atoms with van der Waals surface area (Å²) in [5.74, 6) is 0.480. The van der Waals surface area contributed by atoms with Crippen molar-refractivity contribution in [3.05, 3.63) is 24.3 Å². The molecule has 0 fully saturated rings. The first-order valence-corrected chi connectivity index (χ1v) is 7.05. The number of rotatable bonds is 5. The average Bonchev–Trinajstić information content (AvgIpc) is 2.35. The zero-order valence-electron chi connectivity index (χ0n) is 11.0. The van der Waals surface area contributed by atoms with Crippen LogP contribution >= 0.6 is 11.8 Å². The molecule has 0 spiro atoms. The van der Waals surface area contributed by atoms with Crippen LogP contribution in [0.1, 0.15) is 13.8 Å². The van der Waals surface area contributed by atoms with E-state index in [2.05, 4.69) is 55.3 Å². The summed E-state index contributed by atoms with van der Waals surface area (Å²) in [6.07, 6.45) is 2.07. The molecule has 92 valence electrons. The fraction of sp³-hybridized carbons (Fsp3) is 0.500. The van der Waals surface area contributed by atoms with Crippen molar-refractivity contribution in [1.82, 2.24) is 0 Å².